The van der Waals surface area contributed by atoms with Crippen molar-refractivity contribution in [3.05, 3.63) is 59.7 Å². The second-order valence-corrected chi connectivity index (χ2v) is 7.67. The van der Waals surface area contributed by atoms with Crippen LogP contribution in [0.3, 0.4) is 0 Å². The van der Waals surface area contributed by atoms with Gasteiger partial charge in [0.1, 0.15) is 17.6 Å². The summed E-state index contributed by atoms with van der Waals surface area (Å²) < 4.78 is 15.1. The molecular formula is C21H25FN4O2. The fourth-order valence-electron chi connectivity index (χ4n) is 4.01. The summed E-state index contributed by atoms with van der Waals surface area (Å²) in [6.45, 7) is 3.71. The standard InChI is InChI=1S/C21H25FN4O2/c22-17-4-1-3-16(11-17)13-25-9-6-15(7-10-25)12-23-20(27)18-14-26-8-2-5-19(26)21(28)24-18/h1-5,8,11,15,18H,6-7,9-10,12-14H2,(H,23,27)(H,24,28). The van der Waals surface area contributed by atoms with E-state index in [1.165, 1.54) is 6.07 Å². The molecule has 2 amide bonds. The van der Waals surface area contributed by atoms with E-state index in [9.17, 15) is 14.0 Å². The molecule has 3 heterocycles. The second kappa shape index (κ2) is 8.14. The maximum atomic E-state index is 13.3. The van der Waals surface area contributed by atoms with Crippen LogP contribution in [-0.4, -0.2) is 47.0 Å². The number of aromatic nitrogens is 1. The van der Waals surface area contributed by atoms with Gasteiger partial charge < -0.3 is 15.2 Å². The number of amides is 2. The van der Waals surface area contributed by atoms with Gasteiger partial charge in [0.05, 0.1) is 6.54 Å². The summed E-state index contributed by atoms with van der Waals surface area (Å²) in [6, 6.07) is 9.77. The topological polar surface area (TPSA) is 66.4 Å². The highest BCUT2D eigenvalue weighted by atomic mass is 19.1. The summed E-state index contributed by atoms with van der Waals surface area (Å²) in [5.41, 5.74) is 1.58. The van der Waals surface area contributed by atoms with Crippen molar-refractivity contribution in [3.63, 3.8) is 0 Å². The van der Waals surface area contributed by atoms with Gasteiger partial charge in [-0.2, -0.15) is 0 Å². The third-order valence-corrected chi connectivity index (χ3v) is 5.63. The zero-order valence-electron chi connectivity index (χ0n) is 15.7. The van der Waals surface area contributed by atoms with Crippen molar-refractivity contribution < 1.29 is 14.0 Å². The van der Waals surface area contributed by atoms with Gasteiger partial charge in [0.25, 0.3) is 5.91 Å². The molecule has 1 fully saturated rings. The minimum absolute atomic E-state index is 0.130. The molecule has 0 radical (unpaired) electrons. The Balaban J connectivity index is 1.21. The molecule has 2 aliphatic heterocycles. The van der Waals surface area contributed by atoms with E-state index in [2.05, 4.69) is 15.5 Å². The zero-order valence-corrected chi connectivity index (χ0v) is 15.7. The maximum absolute atomic E-state index is 13.3. The molecule has 148 valence electrons. The van der Waals surface area contributed by atoms with Crippen molar-refractivity contribution in [2.24, 2.45) is 5.92 Å². The summed E-state index contributed by atoms with van der Waals surface area (Å²) in [5.74, 6) is -0.108. The van der Waals surface area contributed by atoms with Crippen molar-refractivity contribution in [2.75, 3.05) is 19.6 Å². The van der Waals surface area contributed by atoms with Gasteiger partial charge in [-0.25, -0.2) is 4.39 Å². The number of halogens is 1. The van der Waals surface area contributed by atoms with Crippen LogP contribution in [0.25, 0.3) is 0 Å². The predicted molar refractivity (Wildman–Crippen MR) is 103 cm³/mol. The van der Waals surface area contributed by atoms with E-state index in [0.717, 1.165) is 38.0 Å². The molecule has 6 nitrogen and oxygen atoms in total. The van der Waals surface area contributed by atoms with Crippen LogP contribution in [0.15, 0.2) is 42.6 Å². The van der Waals surface area contributed by atoms with Gasteiger partial charge in [0, 0.05) is 19.3 Å². The van der Waals surface area contributed by atoms with E-state index in [-0.39, 0.29) is 17.6 Å². The van der Waals surface area contributed by atoms with Crippen molar-refractivity contribution in [1.29, 1.82) is 0 Å². The SMILES string of the molecule is O=C1NC(C(=O)NCC2CCN(Cc3cccc(F)c3)CC2)Cn2cccc21. The molecule has 1 aromatic carbocycles. The fourth-order valence-corrected chi connectivity index (χ4v) is 4.01. The van der Waals surface area contributed by atoms with Gasteiger partial charge in [-0.3, -0.25) is 14.5 Å². The highest BCUT2D eigenvalue weighted by Crippen LogP contribution is 2.19. The van der Waals surface area contributed by atoms with Crippen molar-refractivity contribution >= 4 is 11.8 Å². The summed E-state index contributed by atoms with van der Waals surface area (Å²) in [5, 5.41) is 5.78. The van der Waals surface area contributed by atoms with Crippen molar-refractivity contribution in [1.82, 2.24) is 20.1 Å². The Morgan fingerprint density at radius 2 is 2.04 bits per heavy atom. The van der Waals surface area contributed by atoms with Crippen LogP contribution in [0.1, 0.15) is 28.9 Å². The molecule has 2 aliphatic rings. The lowest BCUT2D eigenvalue weighted by Gasteiger charge is -2.32. The zero-order chi connectivity index (χ0) is 19.5. The normalized spacial score (nSPS) is 20.5. The first kappa shape index (κ1) is 18.7. The lowest BCUT2D eigenvalue weighted by Crippen LogP contribution is -2.53. The number of fused-ring (bicyclic) bond motifs is 1. The third kappa shape index (κ3) is 4.25. The number of carbonyl (C=O) groups excluding carboxylic acids is 2. The number of nitrogens with zero attached hydrogens (tertiary/aromatic N) is 2. The van der Waals surface area contributed by atoms with E-state index < -0.39 is 6.04 Å². The van der Waals surface area contributed by atoms with Crippen LogP contribution in [0.4, 0.5) is 4.39 Å². The quantitative estimate of drug-likeness (QED) is 0.826. The lowest BCUT2D eigenvalue weighted by molar-refractivity contribution is -0.123. The van der Waals surface area contributed by atoms with Crippen LogP contribution < -0.4 is 10.6 Å². The Hall–Kier alpha value is -2.67. The predicted octanol–water partition coefficient (Wildman–Crippen LogP) is 1.77. The van der Waals surface area contributed by atoms with E-state index in [1.54, 1.807) is 18.2 Å². The largest absolute Gasteiger partial charge is 0.354 e. The molecule has 2 N–H and O–H groups in total. The summed E-state index contributed by atoms with van der Waals surface area (Å²) in [6.07, 6.45) is 3.81. The van der Waals surface area contributed by atoms with Crippen LogP contribution in [0.2, 0.25) is 0 Å². The number of benzene rings is 1. The van der Waals surface area contributed by atoms with Gasteiger partial charge in [-0.1, -0.05) is 12.1 Å². The van der Waals surface area contributed by atoms with Crippen LogP contribution in [0.5, 0.6) is 0 Å². The van der Waals surface area contributed by atoms with Gasteiger partial charge in [-0.05, 0) is 61.7 Å². The molecule has 1 unspecified atom stereocenters. The number of likely N-dealkylation sites (tertiary alicyclic amines) is 1. The molecule has 4 rings (SSSR count). The fraction of sp³-hybridized carbons (Fsp3) is 0.429. The summed E-state index contributed by atoms with van der Waals surface area (Å²) >= 11 is 0. The molecule has 1 atom stereocenters. The van der Waals surface area contributed by atoms with Gasteiger partial charge in [0.2, 0.25) is 5.91 Å². The minimum atomic E-state index is -0.527. The lowest BCUT2D eigenvalue weighted by atomic mass is 9.96. The smallest absolute Gasteiger partial charge is 0.268 e. The average Bonchev–Trinajstić information content (AvgIpc) is 3.16. The Kier molecular flexibility index (Phi) is 5.43. The Morgan fingerprint density at radius 3 is 2.82 bits per heavy atom. The number of hydrogen-bond donors (Lipinski definition) is 2. The van der Waals surface area contributed by atoms with Crippen molar-refractivity contribution in [3.8, 4) is 0 Å². The average molecular weight is 384 g/mol. The van der Waals surface area contributed by atoms with Gasteiger partial charge in [0.15, 0.2) is 0 Å². The Morgan fingerprint density at radius 1 is 1.21 bits per heavy atom. The molecule has 1 aromatic heterocycles. The van der Waals surface area contributed by atoms with E-state index >= 15 is 0 Å². The molecule has 0 aliphatic carbocycles. The number of piperidine rings is 1. The maximum Gasteiger partial charge on any atom is 0.268 e. The molecular weight excluding hydrogens is 359 g/mol. The highest BCUT2D eigenvalue weighted by Gasteiger charge is 2.29. The van der Waals surface area contributed by atoms with Crippen molar-refractivity contribution in [2.45, 2.75) is 32.0 Å². The molecule has 7 heteroatoms. The van der Waals surface area contributed by atoms with Crippen LogP contribution in [0, 0.1) is 11.7 Å². The summed E-state index contributed by atoms with van der Waals surface area (Å²) in [7, 11) is 0. The monoisotopic (exact) mass is 384 g/mol. The summed E-state index contributed by atoms with van der Waals surface area (Å²) in [4.78, 5) is 26.8. The highest BCUT2D eigenvalue weighted by molar-refractivity contribution is 5.97. The van der Waals surface area contributed by atoms with Gasteiger partial charge >= 0.3 is 0 Å². The van der Waals surface area contributed by atoms with E-state index in [1.807, 2.05) is 22.9 Å². The minimum Gasteiger partial charge on any atom is -0.354 e. The number of carbonyl (C=O) groups is 2. The Labute approximate surface area is 163 Å². The molecule has 0 saturated carbocycles. The molecule has 28 heavy (non-hydrogen) atoms. The van der Waals surface area contributed by atoms with E-state index in [0.29, 0.717) is 24.7 Å². The Bertz CT molecular complexity index is 858. The first-order chi connectivity index (χ1) is 13.6. The molecule has 2 aromatic rings. The van der Waals surface area contributed by atoms with Crippen LogP contribution in [-0.2, 0) is 17.9 Å². The van der Waals surface area contributed by atoms with Crippen LogP contribution >= 0.6 is 0 Å². The second-order valence-electron chi connectivity index (χ2n) is 7.67. The molecule has 0 spiro atoms. The van der Waals surface area contributed by atoms with E-state index in [4.69, 9.17) is 0 Å². The molecule has 1 saturated heterocycles. The number of hydrogen-bond acceptors (Lipinski definition) is 3. The first-order valence-corrected chi connectivity index (χ1v) is 9.79. The third-order valence-electron chi connectivity index (χ3n) is 5.63. The number of rotatable bonds is 5. The number of nitrogens with one attached hydrogen (secondary N) is 2. The van der Waals surface area contributed by atoms with Gasteiger partial charge in [-0.15, -0.1) is 0 Å². The first-order valence-electron chi connectivity index (χ1n) is 9.79. The molecule has 0 bridgehead atoms.